The molecule has 0 aliphatic carbocycles. The zero-order valence-corrected chi connectivity index (χ0v) is 32.4. The van der Waals surface area contributed by atoms with Gasteiger partial charge < -0.3 is 28.8 Å². The summed E-state index contributed by atoms with van der Waals surface area (Å²) in [7, 11) is 2.25. The molecule has 1 N–H and O–H groups in total. The van der Waals surface area contributed by atoms with Crippen LogP contribution in [0, 0.1) is 6.92 Å². The van der Waals surface area contributed by atoms with E-state index < -0.39 is 38.0 Å². The van der Waals surface area contributed by atoms with Crippen LogP contribution in [0.4, 0.5) is 5.82 Å². The fourth-order valence-corrected chi connectivity index (χ4v) is 9.00. The van der Waals surface area contributed by atoms with Crippen LogP contribution >= 0.6 is 8.30 Å². The Kier molecular flexibility index (Phi) is 12.9. The number of amides is 1. The standard InChI is InChI=1S/C40H51N4O7P/c1-26(2)44(27(3)4)52(9)51-35-23-37(43-24-28(5)38(41-29(6)45)42-39(43)46)50-36(35)25-49-40(30-13-11-10-12-14-30,31-15-19-33(47-7)20-16-31)32-17-21-34(48-8)22-18-32/h10-22,24,26-27,35-37H,23,25H2,1-9H3,(H,41,42,45,46)/t35-,36-,37-,52?/m1/s1. The molecule has 4 aromatic rings. The first-order valence-electron chi connectivity index (χ1n) is 17.6. The lowest BCUT2D eigenvalue weighted by molar-refractivity contribution is -0.114. The van der Waals surface area contributed by atoms with E-state index in [-0.39, 0.29) is 30.4 Å². The molecule has 1 saturated heterocycles. The van der Waals surface area contributed by atoms with E-state index in [4.69, 9.17) is 23.5 Å². The van der Waals surface area contributed by atoms with Gasteiger partial charge in [0.25, 0.3) is 0 Å². The molecule has 1 aliphatic rings. The number of aryl methyl sites for hydroxylation is 1. The lowest BCUT2D eigenvalue weighted by Crippen LogP contribution is -2.39. The van der Waals surface area contributed by atoms with Crippen molar-refractivity contribution in [2.75, 3.05) is 32.8 Å². The van der Waals surface area contributed by atoms with Gasteiger partial charge in [0.2, 0.25) is 5.91 Å². The molecular formula is C40H51N4O7P. The molecule has 1 aliphatic heterocycles. The second-order valence-electron chi connectivity index (χ2n) is 13.5. The molecule has 4 atom stereocenters. The Balaban J connectivity index is 1.58. The summed E-state index contributed by atoms with van der Waals surface area (Å²) in [5.41, 5.74) is 1.75. The summed E-state index contributed by atoms with van der Waals surface area (Å²) < 4.78 is 35.8. The lowest BCUT2D eigenvalue weighted by Gasteiger charge is -2.39. The third-order valence-corrected chi connectivity index (χ3v) is 11.4. The second kappa shape index (κ2) is 17.1. The van der Waals surface area contributed by atoms with Crippen molar-refractivity contribution in [2.45, 2.75) is 84.1 Å². The topological polar surface area (TPSA) is 113 Å². The van der Waals surface area contributed by atoms with E-state index in [1.165, 1.54) is 11.5 Å². The quantitative estimate of drug-likeness (QED) is 0.0997. The number of ether oxygens (including phenoxy) is 4. The van der Waals surface area contributed by atoms with Gasteiger partial charge in [0.05, 0.1) is 26.9 Å². The van der Waals surface area contributed by atoms with E-state index in [0.29, 0.717) is 12.0 Å². The van der Waals surface area contributed by atoms with E-state index >= 15 is 0 Å². The summed E-state index contributed by atoms with van der Waals surface area (Å²) in [5.74, 6) is 1.38. The fourth-order valence-electron chi connectivity index (χ4n) is 6.98. The Morgan fingerprint density at radius 2 is 1.48 bits per heavy atom. The number of carbonyl (C=O) groups is 1. The monoisotopic (exact) mass is 730 g/mol. The van der Waals surface area contributed by atoms with Gasteiger partial charge in [0.15, 0.2) is 0 Å². The Morgan fingerprint density at radius 1 is 0.942 bits per heavy atom. The van der Waals surface area contributed by atoms with Crippen LogP contribution in [0.1, 0.15) is 69.5 Å². The molecule has 2 heterocycles. The lowest BCUT2D eigenvalue weighted by atomic mass is 9.80. The molecule has 11 nitrogen and oxygen atoms in total. The molecule has 0 spiro atoms. The highest BCUT2D eigenvalue weighted by molar-refractivity contribution is 7.49. The van der Waals surface area contributed by atoms with Crippen molar-refractivity contribution < 1.29 is 28.3 Å². The molecule has 1 fully saturated rings. The minimum atomic E-state index is -1.07. The molecule has 1 aromatic heterocycles. The van der Waals surface area contributed by atoms with Crippen LogP contribution in [0.15, 0.2) is 89.9 Å². The predicted octanol–water partition coefficient (Wildman–Crippen LogP) is 7.27. The van der Waals surface area contributed by atoms with E-state index in [2.05, 4.69) is 61.5 Å². The molecule has 1 unspecified atom stereocenters. The zero-order valence-electron chi connectivity index (χ0n) is 31.5. The first-order chi connectivity index (χ1) is 24.9. The summed E-state index contributed by atoms with van der Waals surface area (Å²) in [6, 6.07) is 26.4. The van der Waals surface area contributed by atoms with Crippen molar-refractivity contribution in [3.63, 3.8) is 0 Å². The average molecular weight is 731 g/mol. The summed E-state index contributed by atoms with van der Waals surface area (Å²) in [6.07, 6.45) is 0.431. The van der Waals surface area contributed by atoms with Crippen LogP contribution in [0.25, 0.3) is 0 Å². The third-order valence-electron chi connectivity index (χ3n) is 9.23. The van der Waals surface area contributed by atoms with Crippen molar-refractivity contribution in [2.24, 2.45) is 0 Å². The largest absolute Gasteiger partial charge is 0.497 e. The van der Waals surface area contributed by atoms with E-state index in [1.807, 2.05) is 66.7 Å². The molecule has 1 amide bonds. The van der Waals surface area contributed by atoms with Crippen molar-refractivity contribution in [3.05, 3.63) is 118 Å². The van der Waals surface area contributed by atoms with Gasteiger partial charge >= 0.3 is 5.69 Å². The van der Waals surface area contributed by atoms with Crippen molar-refractivity contribution in [3.8, 4) is 11.5 Å². The van der Waals surface area contributed by atoms with Gasteiger partial charge in [-0.1, -0.05) is 54.6 Å². The highest BCUT2D eigenvalue weighted by Crippen LogP contribution is 2.47. The number of aromatic nitrogens is 2. The van der Waals surface area contributed by atoms with Gasteiger partial charge in [-0.3, -0.25) is 14.0 Å². The maximum absolute atomic E-state index is 13.4. The molecule has 3 aromatic carbocycles. The Hall–Kier alpha value is -4.12. The molecule has 0 radical (unpaired) electrons. The number of nitrogens with one attached hydrogen (secondary N) is 1. The molecular weight excluding hydrogens is 679 g/mol. The zero-order chi connectivity index (χ0) is 37.6. The van der Waals surface area contributed by atoms with Crippen LogP contribution in [0.2, 0.25) is 0 Å². The number of rotatable bonds is 15. The van der Waals surface area contributed by atoms with E-state index in [0.717, 1.165) is 28.2 Å². The van der Waals surface area contributed by atoms with Crippen molar-refractivity contribution in [1.82, 2.24) is 14.2 Å². The second-order valence-corrected chi connectivity index (χ2v) is 15.1. The van der Waals surface area contributed by atoms with Crippen LogP contribution < -0.4 is 20.5 Å². The van der Waals surface area contributed by atoms with Gasteiger partial charge in [-0.15, -0.1) is 0 Å². The summed E-state index contributed by atoms with van der Waals surface area (Å²) in [4.78, 5) is 29.3. The Morgan fingerprint density at radius 3 is 1.98 bits per heavy atom. The SMILES string of the molecule is COc1ccc(C(OC[C@H]2O[C@@H](n3cc(C)c(NC(C)=O)nc3=O)C[C@H]2OP(C)N(C(C)C)C(C)C)(c2ccccc2)c2ccc(OC)cc2)cc1. The van der Waals surface area contributed by atoms with Crippen LogP contribution in [-0.2, 0) is 24.4 Å². The van der Waals surface area contributed by atoms with E-state index in [9.17, 15) is 9.59 Å². The smallest absolute Gasteiger partial charge is 0.351 e. The Bertz CT molecular complexity index is 1780. The minimum Gasteiger partial charge on any atom is -0.497 e. The van der Waals surface area contributed by atoms with Crippen LogP contribution in [-0.4, -0.2) is 71.9 Å². The highest BCUT2D eigenvalue weighted by atomic mass is 31.2. The van der Waals surface area contributed by atoms with Gasteiger partial charge in [-0.2, -0.15) is 4.98 Å². The number of nitrogens with zero attached hydrogens (tertiary/aromatic N) is 3. The van der Waals surface area contributed by atoms with Gasteiger partial charge in [-0.05, 0) is 82.2 Å². The van der Waals surface area contributed by atoms with Crippen LogP contribution in [0.3, 0.4) is 0 Å². The van der Waals surface area contributed by atoms with Crippen molar-refractivity contribution >= 4 is 20.0 Å². The number of hydrogen-bond donors (Lipinski definition) is 1. The summed E-state index contributed by atoms with van der Waals surface area (Å²) in [6.45, 7) is 14.1. The van der Waals surface area contributed by atoms with Crippen LogP contribution in [0.5, 0.6) is 11.5 Å². The van der Waals surface area contributed by atoms with Crippen molar-refractivity contribution in [1.29, 1.82) is 0 Å². The molecule has 0 bridgehead atoms. The summed E-state index contributed by atoms with van der Waals surface area (Å²) >= 11 is 0. The first kappa shape index (κ1) is 39.1. The molecule has 52 heavy (non-hydrogen) atoms. The molecule has 0 saturated carbocycles. The summed E-state index contributed by atoms with van der Waals surface area (Å²) in [5, 5.41) is 2.64. The number of benzene rings is 3. The van der Waals surface area contributed by atoms with E-state index in [1.54, 1.807) is 27.3 Å². The normalized spacial score (nSPS) is 18.2. The predicted molar refractivity (Wildman–Crippen MR) is 204 cm³/mol. The fraction of sp³-hybridized carbons (Fsp3) is 0.425. The van der Waals surface area contributed by atoms with Gasteiger partial charge in [-0.25, -0.2) is 4.79 Å². The maximum atomic E-state index is 13.4. The molecule has 278 valence electrons. The highest BCUT2D eigenvalue weighted by Gasteiger charge is 2.44. The van der Waals surface area contributed by atoms with Gasteiger partial charge in [0, 0.05) is 37.2 Å². The van der Waals surface area contributed by atoms with Gasteiger partial charge in [0.1, 0.15) is 43.5 Å². The molecule has 5 rings (SSSR count). The molecule has 12 heteroatoms. The number of methoxy groups -OCH3 is 2. The minimum absolute atomic E-state index is 0.131. The Labute approximate surface area is 308 Å². The average Bonchev–Trinajstić information content (AvgIpc) is 3.52. The number of anilines is 1. The first-order valence-corrected chi connectivity index (χ1v) is 19.2. The third kappa shape index (κ3) is 8.56. The number of carbonyl (C=O) groups excluding carboxylic acids is 1. The number of hydrogen-bond acceptors (Lipinski definition) is 9. The maximum Gasteiger partial charge on any atom is 0.351 e.